The van der Waals surface area contributed by atoms with Crippen molar-refractivity contribution in [1.29, 1.82) is 0 Å². The molecule has 2 heterocycles. The standard InChI is InChI=1S/C25H33N3O4/c1-15-10-20(22(26-13-15)17-6-8-32-9-7-17)27-24(31)28-23-18-11-16(14-29)4-5-19(18)25(2,3)12-21(23)30/h4-5,10-11,13,17,21,23,29-30H,6-9,12,14H2,1-3H3,(H2,27,28,31)/t21-,23-/m1/s1. The summed E-state index contributed by atoms with van der Waals surface area (Å²) in [6.07, 6.45) is 3.37. The van der Waals surface area contributed by atoms with E-state index in [0.29, 0.717) is 25.3 Å². The van der Waals surface area contributed by atoms with Crippen molar-refractivity contribution >= 4 is 11.7 Å². The van der Waals surface area contributed by atoms with Crippen LogP contribution in [-0.2, 0) is 16.8 Å². The fraction of sp³-hybridized carbons (Fsp3) is 0.520. The maximum Gasteiger partial charge on any atom is 0.319 e. The van der Waals surface area contributed by atoms with Crippen LogP contribution in [0.3, 0.4) is 0 Å². The van der Waals surface area contributed by atoms with E-state index in [9.17, 15) is 15.0 Å². The van der Waals surface area contributed by atoms with Gasteiger partial charge in [-0.1, -0.05) is 32.0 Å². The first-order chi connectivity index (χ1) is 15.3. The largest absolute Gasteiger partial charge is 0.392 e. The van der Waals surface area contributed by atoms with E-state index in [-0.39, 0.29) is 24.0 Å². The Bertz CT molecular complexity index is 985. The monoisotopic (exact) mass is 439 g/mol. The van der Waals surface area contributed by atoms with Crippen LogP contribution in [0.15, 0.2) is 30.5 Å². The number of carbonyl (C=O) groups is 1. The van der Waals surface area contributed by atoms with Crippen molar-refractivity contribution in [3.63, 3.8) is 0 Å². The van der Waals surface area contributed by atoms with E-state index >= 15 is 0 Å². The van der Waals surface area contributed by atoms with Gasteiger partial charge in [0.2, 0.25) is 0 Å². The summed E-state index contributed by atoms with van der Waals surface area (Å²) in [7, 11) is 0. The predicted octanol–water partition coefficient (Wildman–Crippen LogP) is 3.68. The van der Waals surface area contributed by atoms with Gasteiger partial charge in [0.05, 0.1) is 30.1 Å². The number of anilines is 1. The molecule has 2 atom stereocenters. The lowest BCUT2D eigenvalue weighted by atomic mass is 9.69. The van der Waals surface area contributed by atoms with Gasteiger partial charge in [-0.3, -0.25) is 4.98 Å². The number of amides is 2. The van der Waals surface area contributed by atoms with E-state index < -0.39 is 12.1 Å². The average Bonchev–Trinajstić information content (AvgIpc) is 2.76. The lowest BCUT2D eigenvalue weighted by Crippen LogP contribution is -2.45. The van der Waals surface area contributed by atoms with Gasteiger partial charge in [-0.05, 0) is 59.9 Å². The molecular weight excluding hydrogens is 406 g/mol. The topological polar surface area (TPSA) is 104 Å². The first-order valence-corrected chi connectivity index (χ1v) is 11.3. The van der Waals surface area contributed by atoms with Crippen LogP contribution < -0.4 is 10.6 Å². The van der Waals surface area contributed by atoms with E-state index in [1.807, 2.05) is 37.4 Å². The second-order valence-corrected chi connectivity index (χ2v) is 9.64. The quantitative estimate of drug-likeness (QED) is 0.582. The number of aliphatic hydroxyl groups excluding tert-OH is 2. The molecule has 1 fully saturated rings. The van der Waals surface area contributed by atoms with Crippen LogP contribution in [0, 0.1) is 6.92 Å². The third-order valence-electron chi connectivity index (χ3n) is 6.66. The summed E-state index contributed by atoms with van der Waals surface area (Å²) in [5.74, 6) is 0.244. The second kappa shape index (κ2) is 9.17. The molecule has 0 saturated carbocycles. The number of benzene rings is 1. The fourth-order valence-electron chi connectivity index (χ4n) is 4.99. The molecule has 1 aliphatic heterocycles. The van der Waals surface area contributed by atoms with Gasteiger partial charge in [-0.15, -0.1) is 0 Å². The number of ether oxygens (including phenoxy) is 1. The van der Waals surface area contributed by atoms with Gasteiger partial charge in [0.15, 0.2) is 0 Å². The highest BCUT2D eigenvalue weighted by atomic mass is 16.5. The van der Waals surface area contributed by atoms with Crippen LogP contribution in [0.25, 0.3) is 0 Å². The number of nitrogens with one attached hydrogen (secondary N) is 2. The summed E-state index contributed by atoms with van der Waals surface area (Å²) < 4.78 is 5.47. The molecule has 7 nitrogen and oxygen atoms in total. The second-order valence-electron chi connectivity index (χ2n) is 9.64. The van der Waals surface area contributed by atoms with Crippen molar-refractivity contribution in [2.75, 3.05) is 18.5 Å². The Labute approximate surface area is 189 Å². The zero-order valence-electron chi connectivity index (χ0n) is 19.0. The van der Waals surface area contributed by atoms with Gasteiger partial charge in [0.1, 0.15) is 0 Å². The molecule has 32 heavy (non-hydrogen) atoms. The zero-order chi connectivity index (χ0) is 22.9. The number of aliphatic hydroxyl groups is 2. The van der Waals surface area contributed by atoms with Gasteiger partial charge < -0.3 is 25.6 Å². The lowest BCUT2D eigenvalue weighted by Gasteiger charge is -2.41. The number of aromatic nitrogens is 1. The van der Waals surface area contributed by atoms with E-state index in [2.05, 4.69) is 29.5 Å². The molecule has 4 N–H and O–H groups in total. The Kier molecular flexibility index (Phi) is 6.51. The first kappa shape index (κ1) is 22.7. The molecule has 0 spiro atoms. The summed E-state index contributed by atoms with van der Waals surface area (Å²) in [5, 5.41) is 26.5. The molecule has 172 valence electrons. The minimum atomic E-state index is -0.734. The Hall–Kier alpha value is -2.48. The molecule has 1 aromatic heterocycles. The summed E-state index contributed by atoms with van der Waals surface area (Å²) in [6, 6.07) is 6.77. The third-order valence-corrected chi connectivity index (χ3v) is 6.66. The molecule has 7 heteroatoms. The van der Waals surface area contributed by atoms with E-state index in [4.69, 9.17) is 4.74 Å². The van der Waals surface area contributed by atoms with E-state index in [0.717, 1.165) is 40.8 Å². The maximum atomic E-state index is 13.1. The van der Waals surface area contributed by atoms with Gasteiger partial charge in [-0.2, -0.15) is 0 Å². The molecule has 1 aromatic carbocycles. The number of rotatable bonds is 4. The van der Waals surface area contributed by atoms with Crippen molar-refractivity contribution in [3.05, 3.63) is 58.4 Å². The number of hydrogen-bond acceptors (Lipinski definition) is 5. The number of fused-ring (bicyclic) bond motifs is 1. The molecule has 4 rings (SSSR count). The Morgan fingerprint density at radius 1 is 1.25 bits per heavy atom. The van der Waals surface area contributed by atoms with Crippen molar-refractivity contribution in [2.45, 2.75) is 70.1 Å². The Morgan fingerprint density at radius 2 is 2.00 bits per heavy atom. The highest BCUT2D eigenvalue weighted by Gasteiger charge is 2.39. The molecule has 0 unspecified atom stereocenters. The molecule has 2 amide bonds. The molecule has 1 aliphatic carbocycles. The highest BCUT2D eigenvalue weighted by Crippen LogP contribution is 2.42. The van der Waals surface area contributed by atoms with E-state index in [1.165, 1.54) is 0 Å². The molecular formula is C25H33N3O4. The fourth-order valence-corrected chi connectivity index (χ4v) is 4.99. The lowest BCUT2D eigenvalue weighted by molar-refractivity contribution is 0.0845. The van der Waals surface area contributed by atoms with Crippen LogP contribution in [0.5, 0.6) is 0 Å². The normalized spacial score (nSPS) is 22.8. The molecule has 1 saturated heterocycles. The van der Waals surface area contributed by atoms with Crippen LogP contribution in [0.4, 0.5) is 10.5 Å². The predicted molar refractivity (Wildman–Crippen MR) is 123 cm³/mol. The summed E-state index contributed by atoms with van der Waals surface area (Å²) >= 11 is 0. The summed E-state index contributed by atoms with van der Waals surface area (Å²) in [4.78, 5) is 17.7. The van der Waals surface area contributed by atoms with Gasteiger partial charge in [0.25, 0.3) is 0 Å². The van der Waals surface area contributed by atoms with Gasteiger partial charge >= 0.3 is 6.03 Å². The number of nitrogens with zero attached hydrogens (tertiary/aromatic N) is 1. The summed E-state index contributed by atoms with van der Waals surface area (Å²) in [6.45, 7) is 7.42. The molecule has 0 radical (unpaired) electrons. The molecule has 0 bridgehead atoms. The zero-order valence-corrected chi connectivity index (χ0v) is 19.0. The smallest absolute Gasteiger partial charge is 0.319 e. The minimum absolute atomic E-state index is 0.0911. The Morgan fingerprint density at radius 3 is 2.72 bits per heavy atom. The SMILES string of the molecule is Cc1cnc(C2CCOCC2)c(NC(=O)N[C@@H]2c3cc(CO)ccc3C(C)(C)C[C@H]2O)c1. The number of aryl methyl sites for hydroxylation is 1. The van der Waals surface area contributed by atoms with Crippen LogP contribution in [-0.4, -0.2) is 40.5 Å². The van der Waals surface area contributed by atoms with Gasteiger partial charge in [-0.25, -0.2) is 4.79 Å². The molecule has 2 aliphatic rings. The summed E-state index contributed by atoms with van der Waals surface area (Å²) in [5.41, 5.74) is 4.99. The van der Waals surface area contributed by atoms with Crippen LogP contribution in [0.1, 0.15) is 73.0 Å². The first-order valence-electron chi connectivity index (χ1n) is 11.3. The third kappa shape index (κ3) is 4.65. The van der Waals surface area contributed by atoms with Crippen molar-refractivity contribution in [2.24, 2.45) is 0 Å². The van der Waals surface area contributed by atoms with Crippen molar-refractivity contribution in [1.82, 2.24) is 10.3 Å². The molecule has 2 aromatic rings. The number of urea groups is 1. The Balaban J connectivity index is 1.58. The average molecular weight is 440 g/mol. The highest BCUT2D eigenvalue weighted by molar-refractivity contribution is 5.90. The number of hydrogen-bond donors (Lipinski definition) is 4. The van der Waals surface area contributed by atoms with Gasteiger partial charge in [0, 0.05) is 25.3 Å². The number of pyridine rings is 1. The van der Waals surface area contributed by atoms with Crippen molar-refractivity contribution in [3.8, 4) is 0 Å². The van der Waals surface area contributed by atoms with Crippen molar-refractivity contribution < 1.29 is 19.7 Å². The minimum Gasteiger partial charge on any atom is -0.392 e. The number of carbonyl (C=O) groups excluding carboxylic acids is 1. The maximum absolute atomic E-state index is 13.1. The van der Waals surface area contributed by atoms with E-state index in [1.54, 1.807) is 0 Å². The van der Waals surface area contributed by atoms with Crippen LogP contribution in [0.2, 0.25) is 0 Å². The van der Waals surface area contributed by atoms with Crippen LogP contribution >= 0.6 is 0 Å².